The van der Waals surface area contributed by atoms with E-state index >= 15 is 0 Å². The zero-order chi connectivity index (χ0) is 24.2. The standard InChI is InChI=1S/C28H43NO4/c1-2-3-4-5-6-7-8-9-10-11-12-13-14-15-16-17-27(31)29-25-20-18-24(19-21-25)26(30)22-23-28(32)33/h9-10,18-21H,2-8,11-17,22-23H2,1H3,(H,29,31)(H,32,33)/b10-9-. The Morgan fingerprint density at radius 3 is 1.85 bits per heavy atom. The quantitative estimate of drug-likeness (QED) is 0.119. The summed E-state index contributed by atoms with van der Waals surface area (Å²) in [5.74, 6) is -1.20. The molecule has 0 aliphatic rings. The fourth-order valence-corrected chi connectivity index (χ4v) is 3.68. The summed E-state index contributed by atoms with van der Waals surface area (Å²) in [6, 6.07) is 6.63. The molecule has 0 radical (unpaired) electrons. The number of hydrogen-bond donors (Lipinski definition) is 2. The van der Waals surface area contributed by atoms with Crippen molar-refractivity contribution in [3.8, 4) is 0 Å². The van der Waals surface area contributed by atoms with Gasteiger partial charge in [0.15, 0.2) is 5.78 Å². The van der Waals surface area contributed by atoms with Crippen molar-refractivity contribution in [2.24, 2.45) is 0 Å². The van der Waals surface area contributed by atoms with Crippen LogP contribution in [-0.2, 0) is 9.59 Å². The van der Waals surface area contributed by atoms with E-state index in [9.17, 15) is 14.4 Å². The molecular formula is C28H43NO4. The van der Waals surface area contributed by atoms with Crippen LogP contribution in [0.2, 0.25) is 0 Å². The van der Waals surface area contributed by atoms with Crippen LogP contribution in [0.5, 0.6) is 0 Å². The molecule has 33 heavy (non-hydrogen) atoms. The summed E-state index contributed by atoms with van der Waals surface area (Å²) in [6.07, 6.45) is 21.0. The topological polar surface area (TPSA) is 83.5 Å². The number of hydrogen-bond acceptors (Lipinski definition) is 3. The van der Waals surface area contributed by atoms with Crippen molar-refractivity contribution in [2.75, 3.05) is 5.32 Å². The normalized spacial score (nSPS) is 11.1. The molecule has 5 nitrogen and oxygen atoms in total. The maximum Gasteiger partial charge on any atom is 0.303 e. The van der Waals surface area contributed by atoms with Crippen LogP contribution >= 0.6 is 0 Å². The Labute approximate surface area is 200 Å². The van der Waals surface area contributed by atoms with E-state index in [-0.39, 0.29) is 24.5 Å². The van der Waals surface area contributed by atoms with Gasteiger partial charge in [-0.15, -0.1) is 0 Å². The number of carboxylic acid groups (broad SMARTS) is 1. The SMILES string of the molecule is CCCCCCCC/C=C\CCCCCCCC(=O)Nc1ccc(C(=O)CCC(=O)O)cc1. The van der Waals surface area contributed by atoms with Gasteiger partial charge in [0, 0.05) is 24.1 Å². The minimum atomic E-state index is -0.983. The lowest BCUT2D eigenvalue weighted by Crippen LogP contribution is -2.11. The van der Waals surface area contributed by atoms with Crippen molar-refractivity contribution >= 4 is 23.3 Å². The average molecular weight is 458 g/mol. The number of rotatable bonds is 20. The highest BCUT2D eigenvalue weighted by molar-refractivity contribution is 5.98. The number of nitrogens with one attached hydrogen (secondary N) is 1. The molecule has 0 bridgehead atoms. The summed E-state index contributed by atoms with van der Waals surface area (Å²) < 4.78 is 0. The van der Waals surface area contributed by atoms with E-state index in [4.69, 9.17) is 5.11 Å². The van der Waals surface area contributed by atoms with Gasteiger partial charge >= 0.3 is 5.97 Å². The molecule has 1 aromatic rings. The number of unbranched alkanes of at least 4 members (excludes halogenated alkanes) is 11. The van der Waals surface area contributed by atoms with Gasteiger partial charge in [0.05, 0.1) is 6.42 Å². The number of ketones is 1. The third-order valence-electron chi connectivity index (χ3n) is 5.72. The maximum atomic E-state index is 12.1. The molecular weight excluding hydrogens is 414 g/mol. The number of carbonyl (C=O) groups excluding carboxylic acids is 2. The second-order valence-electron chi connectivity index (χ2n) is 8.78. The van der Waals surface area contributed by atoms with Crippen LogP contribution in [0.3, 0.4) is 0 Å². The number of amides is 1. The van der Waals surface area contributed by atoms with Crippen molar-refractivity contribution in [3.63, 3.8) is 0 Å². The van der Waals surface area contributed by atoms with Crippen LogP contribution in [0.1, 0.15) is 120 Å². The first-order valence-corrected chi connectivity index (χ1v) is 12.8. The summed E-state index contributed by atoms with van der Waals surface area (Å²) in [5.41, 5.74) is 1.12. The van der Waals surface area contributed by atoms with E-state index in [1.807, 2.05) is 0 Å². The molecule has 0 saturated carbocycles. The van der Waals surface area contributed by atoms with Crippen LogP contribution in [0, 0.1) is 0 Å². The first kappa shape index (κ1) is 28.6. The third kappa shape index (κ3) is 15.9. The Bertz CT molecular complexity index is 709. The first-order chi connectivity index (χ1) is 16.0. The number of carbonyl (C=O) groups is 3. The van der Waals surface area contributed by atoms with Gasteiger partial charge in [-0.1, -0.05) is 70.4 Å². The highest BCUT2D eigenvalue weighted by atomic mass is 16.4. The summed E-state index contributed by atoms with van der Waals surface area (Å²) in [4.78, 5) is 34.5. The summed E-state index contributed by atoms with van der Waals surface area (Å²) in [6.45, 7) is 2.25. The van der Waals surface area contributed by atoms with Crippen molar-refractivity contribution in [2.45, 2.75) is 110 Å². The lowest BCUT2D eigenvalue weighted by atomic mass is 10.1. The van der Waals surface area contributed by atoms with Gasteiger partial charge in [-0.2, -0.15) is 0 Å². The molecule has 2 N–H and O–H groups in total. The molecule has 0 aromatic heterocycles. The fraction of sp³-hybridized carbons (Fsp3) is 0.607. The molecule has 0 aliphatic heterocycles. The summed E-state index contributed by atoms with van der Waals surface area (Å²) in [5, 5.41) is 11.5. The van der Waals surface area contributed by atoms with Crippen molar-refractivity contribution in [1.82, 2.24) is 0 Å². The Kier molecular flexibility index (Phi) is 16.5. The molecule has 5 heteroatoms. The molecule has 0 aliphatic carbocycles. The van der Waals surface area contributed by atoms with Gasteiger partial charge in [-0.25, -0.2) is 0 Å². The summed E-state index contributed by atoms with van der Waals surface area (Å²) >= 11 is 0. The van der Waals surface area contributed by atoms with Crippen LogP contribution in [0.25, 0.3) is 0 Å². The Morgan fingerprint density at radius 1 is 0.727 bits per heavy atom. The molecule has 0 heterocycles. The van der Waals surface area contributed by atoms with E-state index in [1.165, 1.54) is 57.8 Å². The molecule has 184 valence electrons. The van der Waals surface area contributed by atoms with Gasteiger partial charge in [0.1, 0.15) is 0 Å². The molecule has 0 spiro atoms. The number of allylic oxidation sites excluding steroid dienone is 2. The zero-order valence-corrected chi connectivity index (χ0v) is 20.4. The molecule has 1 aromatic carbocycles. The molecule has 1 amide bonds. The molecule has 0 saturated heterocycles. The molecule has 0 fully saturated rings. The van der Waals surface area contributed by atoms with Gasteiger partial charge in [-0.3, -0.25) is 14.4 Å². The summed E-state index contributed by atoms with van der Waals surface area (Å²) in [7, 11) is 0. The number of carboxylic acids is 1. The number of Topliss-reactive ketones (excluding diaryl/α,β-unsaturated/α-hetero) is 1. The predicted molar refractivity (Wildman–Crippen MR) is 136 cm³/mol. The van der Waals surface area contributed by atoms with Crippen molar-refractivity contribution in [1.29, 1.82) is 0 Å². The van der Waals surface area contributed by atoms with Crippen LogP contribution in [0.15, 0.2) is 36.4 Å². The van der Waals surface area contributed by atoms with Crippen LogP contribution < -0.4 is 5.32 Å². The Morgan fingerprint density at radius 2 is 1.27 bits per heavy atom. The van der Waals surface area contributed by atoms with Gasteiger partial charge in [-0.05, 0) is 56.4 Å². The van der Waals surface area contributed by atoms with E-state index in [0.717, 1.165) is 25.7 Å². The number of benzene rings is 1. The zero-order valence-electron chi connectivity index (χ0n) is 20.4. The molecule has 0 unspecified atom stereocenters. The monoisotopic (exact) mass is 457 g/mol. The van der Waals surface area contributed by atoms with E-state index < -0.39 is 5.97 Å². The first-order valence-electron chi connectivity index (χ1n) is 12.8. The van der Waals surface area contributed by atoms with E-state index in [0.29, 0.717) is 17.7 Å². The smallest absolute Gasteiger partial charge is 0.303 e. The van der Waals surface area contributed by atoms with E-state index in [1.54, 1.807) is 24.3 Å². The van der Waals surface area contributed by atoms with Gasteiger partial charge in [0.2, 0.25) is 5.91 Å². The predicted octanol–water partition coefficient (Wildman–Crippen LogP) is 7.71. The molecule has 0 atom stereocenters. The van der Waals surface area contributed by atoms with Gasteiger partial charge in [0.25, 0.3) is 0 Å². The Hall–Kier alpha value is -2.43. The molecule has 1 rings (SSSR count). The minimum Gasteiger partial charge on any atom is -0.481 e. The fourth-order valence-electron chi connectivity index (χ4n) is 3.68. The largest absolute Gasteiger partial charge is 0.481 e. The van der Waals surface area contributed by atoms with Crippen molar-refractivity contribution < 1.29 is 19.5 Å². The lowest BCUT2D eigenvalue weighted by Gasteiger charge is -2.06. The highest BCUT2D eigenvalue weighted by Gasteiger charge is 2.09. The third-order valence-corrected chi connectivity index (χ3v) is 5.72. The van der Waals surface area contributed by atoms with Crippen LogP contribution in [0.4, 0.5) is 5.69 Å². The lowest BCUT2D eigenvalue weighted by molar-refractivity contribution is -0.137. The van der Waals surface area contributed by atoms with Gasteiger partial charge < -0.3 is 10.4 Å². The number of aliphatic carboxylic acids is 1. The minimum absolute atomic E-state index is 0.0161. The average Bonchev–Trinajstić information content (AvgIpc) is 2.80. The van der Waals surface area contributed by atoms with E-state index in [2.05, 4.69) is 24.4 Å². The maximum absolute atomic E-state index is 12.1. The Balaban J connectivity index is 2.02. The highest BCUT2D eigenvalue weighted by Crippen LogP contribution is 2.14. The van der Waals surface area contributed by atoms with Crippen molar-refractivity contribution in [3.05, 3.63) is 42.0 Å². The second kappa shape index (κ2) is 19.1. The van der Waals surface area contributed by atoms with Crippen LogP contribution in [-0.4, -0.2) is 22.8 Å². The second-order valence-corrected chi connectivity index (χ2v) is 8.78. The number of anilines is 1.